The first-order chi connectivity index (χ1) is 7.76. The number of rotatable bonds is 7. The number of aryl methyl sites for hydroxylation is 1. The van der Waals surface area contributed by atoms with Crippen molar-refractivity contribution in [1.29, 1.82) is 0 Å². The fourth-order valence-corrected chi connectivity index (χ4v) is 2.19. The molecule has 0 aliphatic carbocycles. The van der Waals surface area contributed by atoms with Crippen LogP contribution in [0.15, 0.2) is 24.3 Å². The molecule has 0 aliphatic heterocycles. The Morgan fingerprint density at radius 3 is 2.81 bits per heavy atom. The number of hydrogen-bond acceptors (Lipinski definition) is 1. The zero-order chi connectivity index (χ0) is 11.8. The van der Waals surface area contributed by atoms with Crippen molar-refractivity contribution < 1.29 is 4.74 Å². The number of ether oxygens (including phenoxy) is 1. The lowest BCUT2D eigenvalue weighted by Crippen LogP contribution is -2.08. The van der Waals surface area contributed by atoms with Gasteiger partial charge in [-0.25, -0.2) is 0 Å². The molecule has 90 valence electrons. The van der Waals surface area contributed by atoms with Crippen molar-refractivity contribution in [1.82, 2.24) is 0 Å². The monoisotopic (exact) mass is 240 g/mol. The van der Waals surface area contributed by atoms with Gasteiger partial charge in [-0.1, -0.05) is 29.8 Å². The van der Waals surface area contributed by atoms with E-state index in [4.69, 9.17) is 16.3 Å². The van der Waals surface area contributed by atoms with Crippen LogP contribution < -0.4 is 0 Å². The van der Waals surface area contributed by atoms with Gasteiger partial charge in [0.1, 0.15) is 0 Å². The van der Waals surface area contributed by atoms with Gasteiger partial charge in [-0.15, -0.1) is 11.6 Å². The zero-order valence-corrected chi connectivity index (χ0v) is 11.0. The lowest BCUT2D eigenvalue weighted by molar-refractivity contribution is 0.188. The van der Waals surface area contributed by atoms with E-state index in [9.17, 15) is 0 Å². The van der Waals surface area contributed by atoms with E-state index >= 15 is 0 Å². The molecule has 0 fully saturated rings. The van der Waals surface area contributed by atoms with Crippen LogP contribution in [0.1, 0.15) is 24.0 Å². The Kier molecular flexibility index (Phi) is 6.51. The van der Waals surface area contributed by atoms with E-state index in [2.05, 4.69) is 31.2 Å². The predicted octanol–water partition coefficient (Wildman–Crippen LogP) is 3.82. The quantitative estimate of drug-likeness (QED) is 0.520. The maximum absolute atomic E-state index is 6.00. The smallest absolute Gasteiger partial charge is 0.0462 e. The van der Waals surface area contributed by atoms with E-state index in [-0.39, 0.29) is 0 Å². The van der Waals surface area contributed by atoms with E-state index in [0.717, 1.165) is 31.7 Å². The molecule has 0 aliphatic rings. The van der Waals surface area contributed by atoms with Gasteiger partial charge in [0, 0.05) is 19.6 Å². The molecule has 0 N–H and O–H groups in total. The molecule has 1 rings (SSSR count). The molecule has 2 heteroatoms. The minimum Gasteiger partial charge on any atom is -0.385 e. The maximum atomic E-state index is 6.00. The molecule has 0 spiro atoms. The third-order valence-corrected chi connectivity index (χ3v) is 3.22. The summed E-state index contributed by atoms with van der Waals surface area (Å²) < 4.78 is 5.06. The van der Waals surface area contributed by atoms with Crippen molar-refractivity contribution in [3.8, 4) is 0 Å². The van der Waals surface area contributed by atoms with Crippen LogP contribution in [-0.2, 0) is 11.2 Å². The summed E-state index contributed by atoms with van der Waals surface area (Å²) in [6.07, 6.45) is 3.32. The predicted molar refractivity (Wildman–Crippen MR) is 70.2 cm³/mol. The highest BCUT2D eigenvalue weighted by Gasteiger charge is 2.08. The van der Waals surface area contributed by atoms with Crippen LogP contribution in [0.4, 0.5) is 0 Å². The van der Waals surface area contributed by atoms with Crippen LogP contribution in [0.5, 0.6) is 0 Å². The van der Waals surface area contributed by atoms with Crippen LogP contribution in [0.2, 0.25) is 0 Å². The third kappa shape index (κ3) is 5.00. The van der Waals surface area contributed by atoms with Gasteiger partial charge in [0.2, 0.25) is 0 Å². The highest BCUT2D eigenvalue weighted by molar-refractivity contribution is 6.18. The van der Waals surface area contributed by atoms with Gasteiger partial charge in [-0.2, -0.15) is 0 Å². The largest absolute Gasteiger partial charge is 0.385 e. The first-order valence-electron chi connectivity index (χ1n) is 5.86. The topological polar surface area (TPSA) is 9.23 Å². The molecule has 0 heterocycles. The molecule has 1 nitrogen and oxygen atoms in total. The van der Waals surface area contributed by atoms with Crippen molar-refractivity contribution in [3.05, 3.63) is 35.4 Å². The van der Waals surface area contributed by atoms with Crippen LogP contribution in [0.25, 0.3) is 0 Å². The Morgan fingerprint density at radius 1 is 1.38 bits per heavy atom. The average molecular weight is 241 g/mol. The summed E-state index contributed by atoms with van der Waals surface area (Å²) in [6, 6.07) is 8.67. The second-order valence-electron chi connectivity index (χ2n) is 4.35. The lowest BCUT2D eigenvalue weighted by Gasteiger charge is -2.13. The number of hydrogen-bond donors (Lipinski definition) is 0. The second-order valence-corrected chi connectivity index (χ2v) is 4.66. The first-order valence-corrected chi connectivity index (χ1v) is 6.40. The molecule has 1 atom stereocenters. The van der Waals surface area contributed by atoms with Gasteiger partial charge < -0.3 is 4.74 Å². The highest BCUT2D eigenvalue weighted by atomic mass is 35.5. The van der Waals surface area contributed by atoms with Crippen LogP contribution >= 0.6 is 11.6 Å². The molecular formula is C14H21ClO. The Morgan fingerprint density at radius 2 is 2.19 bits per heavy atom. The molecule has 1 aromatic carbocycles. The summed E-state index contributed by atoms with van der Waals surface area (Å²) in [5, 5.41) is 0. The Hall–Kier alpha value is -0.530. The summed E-state index contributed by atoms with van der Waals surface area (Å²) in [5.74, 6) is 1.30. The van der Waals surface area contributed by atoms with Crippen molar-refractivity contribution in [2.75, 3.05) is 19.6 Å². The molecule has 0 saturated carbocycles. The average Bonchev–Trinajstić information content (AvgIpc) is 2.28. The van der Waals surface area contributed by atoms with Crippen molar-refractivity contribution in [2.45, 2.75) is 26.2 Å². The van der Waals surface area contributed by atoms with Gasteiger partial charge in [0.15, 0.2) is 0 Å². The van der Waals surface area contributed by atoms with E-state index in [1.54, 1.807) is 7.11 Å². The molecular weight excluding hydrogens is 220 g/mol. The molecule has 16 heavy (non-hydrogen) atoms. The number of methoxy groups -OCH3 is 1. The minimum atomic E-state index is 0.568. The Labute approximate surface area is 104 Å². The molecule has 0 saturated heterocycles. The number of alkyl halides is 1. The molecule has 0 bridgehead atoms. The third-order valence-electron chi connectivity index (χ3n) is 2.79. The standard InChI is InChI=1S/C14H21ClO/c1-12-5-3-6-13(9-12)10-14(11-15)7-4-8-16-2/h3,5-6,9,14H,4,7-8,10-11H2,1-2H3. The number of halogens is 1. The van der Waals surface area contributed by atoms with E-state index in [0.29, 0.717) is 5.92 Å². The zero-order valence-electron chi connectivity index (χ0n) is 10.2. The van der Waals surface area contributed by atoms with Gasteiger partial charge >= 0.3 is 0 Å². The van der Waals surface area contributed by atoms with Gasteiger partial charge in [-0.05, 0) is 37.7 Å². The van der Waals surface area contributed by atoms with Crippen molar-refractivity contribution in [3.63, 3.8) is 0 Å². The van der Waals surface area contributed by atoms with E-state index in [1.807, 2.05) is 0 Å². The van der Waals surface area contributed by atoms with Crippen LogP contribution in [0.3, 0.4) is 0 Å². The maximum Gasteiger partial charge on any atom is 0.0462 e. The fourth-order valence-electron chi connectivity index (χ4n) is 1.92. The summed E-state index contributed by atoms with van der Waals surface area (Å²) in [7, 11) is 1.75. The Balaban J connectivity index is 2.43. The SMILES string of the molecule is COCCCC(CCl)Cc1cccc(C)c1. The Bertz CT molecular complexity index is 299. The van der Waals surface area contributed by atoms with Gasteiger partial charge in [0.05, 0.1) is 0 Å². The van der Waals surface area contributed by atoms with E-state index < -0.39 is 0 Å². The second kappa shape index (κ2) is 7.70. The fraction of sp³-hybridized carbons (Fsp3) is 0.571. The summed E-state index contributed by atoms with van der Waals surface area (Å²) >= 11 is 6.00. The van der Waals surface area contributed by atoms with Gasteiger partial charge in [0.25, 0.3) is 0 Å². The normalized spacial score (nSPS) is 12.7. The number of benzene rings is 1. The molecule has 0 aromatic heterocycles. The van der Waals surface area contributed by atoms with Crippen LogP contribution in [0, 0.1) is 12.8 Å². The molecule has 1 unspecified atom stereocenters. The lowest BCUT2D eigenvalue weighted by atomic mass is 9.96. The summed E-state index contributed by atoms with van der Waals surface area (Å²) in [6.45, 7) is 2.96. The van der Waals surface area contributed by atoms with Crippen LogP contribution in [-0.4, -0.2) is 19.6 Å². The van der Waals surface area contributed by atoms with Crippen molar-refractivity contribution >= 4 is 11.6 Å². The summed E-state index contributed by atoms with van der Waals surface area (Å²) in [5.41, 5.74) is 2.71. The molecule has 1 aromatic rings. The first kappa shape index (κ1) is 13.5. The van der Waals surface area contributed by atoms with Crippen molar-refractivity contribution in [2.24, 2.45) is 5.92 Å². The highest BCUT2D eigenvalue weighted by Crippen LogP contribution is 2.16. The summed E-state index contributed by atoms with van der Waals surface area (Å²) in [4.78, 5) is 0. The minimum absolute atomic E-state index is 0.568. The molecule has 0 radical (unpaired) electrons. The van der Waals surface area contributed by atoms with Gasteiger partial charge in [-0.3, -0.25) is 0 Å². The molecule has 0 amide bonds. The van der Waals surface area contributed by atoms with E-state index in [1.165, 1.54) is 11.1 Å².